The van der Waals surface area contributed by atoms with E-state index < -0.39 is 10.8 Å². The van der Waals surface area contributed by atoms with Crippen LogP contribution in [0.1, 0.15) is 38.8 Å². The number of nitrogens with two attached hydrogens (primary N) is 1. The minimum absolute atomic E-state index is 0.0207. The molecule has 3 rings (SSSR count). The van der Waals surface area contributed by atoms with Crippen LogP contribution in [0.25, 0.3) is 11.6 Å². The van der Waals surface area contributed by atoms with Crippen LogP contribution in [-0.4, -0.2) is 31.1 Å². The van der Waals surface area contributed by atoms with E-state index in [0.717, 1.165) is 12.1 Å². The molecule has 0 aliphatic carbocycles. The molecule has 2 aromatic rings. The third-order valence-corrected chi connectivity index (χ3v) is 3.80. The van der Waals surface area contributed by atoms with Gasteiger partial charge in [-0.1, -0.05) is 0 Å². The van der Waals surface area contributed by atoms with E-state index in [1.807, 2.05) is 26.8 Å². The predicted octanol–water partition coefficient (Wildman–Crippen LogP) is 2.38. The highest BCUT2D eigenvalue weighted by Gasteiger charge is 2.35. The van der Waals surface area contributed by atoms with E-state index in [0.29, 0.717) is 0 Å². The topological polar surface area (TPSA) is 160 Å². The first-order valence-corrected chi connectivity index (χ1v) is 7.92. The van der Waals surface area contributed by atoms with Gasteiger partial charge in [0.1, 0.15) is 22.3 Å². The number of hydrazone groups is 1. The lowest BCUT2D eigenvalue weighted by molar-refractivity contribution is -0.402. The summed E-state index contributed by atoms with van der Waals surface area (Å²) in [7, 11) is 0. The van der Waals surface area contributed by atoms with Crippen LogP contribution in [0.3, 0.4) is 0 Å². The summed E-state index contributed by atoms with van der Waals surface area (Å²) in [4.78, 5) is 22.5. The molecule has 3 heterocycles. The third kappa shape index (κ3) is 3.59. The van der Waals surface area contributed by atoms with Crippen molar-refractivity contribution >= 4 is 35.1 Å². The smallest absolute Gasteiger partial charge is 0.401 e. The SMILES string of the molecule is CC1=NN(c2nc(N)nc(/C(C#N)=C\c3ccc([N+](=O)[O-])o3)n2)C(C)(C)C1. The Labute approximate surface area is 154 Å². The maximum Gasteiger partial charge on any atom is 0.433 e. The van der Waals surface area contributed by atoms with E-state index in [2.05, 4.69) is 20.1 Å². The van der Waals surface area contributed by atoms with Gasteiger partial charge in [0.05, 0.1) is 11.6 Å². The molecular formula is C16H16N8O3. The second-order valence-corrected chi connectivity index (χ2v) is 6.56. The van der Waals surface area contributed by atoms with Gasteiger partial charge in [0.2, 0.25) is 5.95 Å². The van der Waals surface area contributed by atoms with Crippen molar-refractivity contribution in [2.75, 3.05) is 10.7 Å². The highest BCUT2D eigenvalue weighted by Crippen LogP contribution is 2.31. The fourth-order valence-corrected chi connectivity index (χ4v) is 2.76. The van der Waals surface area contributed by atoms with Crippen molar-refractivity contribution < 1.29 is 9.34 Å². The molecule has 2 N–H and O–H groups in total. The van der Waals surface area contributed by atoms with Crippen molar-refractivity contribution in [3.63, 3.8) is 0 Å². The Hall–Kier alpha value is -3.81. The molecule has 0 aromatic carbocycles. The molecule has 11 nitrogen and oxygen atoms in total. The van der Waals surface area contributed by atoms with Crippen LogP contribution >= 0.6 is 0 Å². The third-order valence-electron chi connectivity index (χ3n) is 3.80. The first-order valence-electron chi connectivity index (χ1n) is 7.92. The molecule has 0 fully saturated rings. The summed E-state index contributed by atoms with van der Waals surface area (Å²) in [6.07, 6.45) is 2.03. The summed E-state index contributed by atoms with van der Waals surface area (Å²) in [6.45, 7) is 5.86. The van der Waals surface area contributed by atoms with Crippen LogP contribution in [0.15, 0.2) is 21.7 Å². The number of hydrogen-bond donors (Lipinski definition) is 1. The molecule has 27 heavy (non-hydrogen) atoms. The average Bonchev–Trinajstić information content (AvgIpc) is 3.15. The minimum Gasteiger partial charge on any atom is -0.401 e. The van der Waals surface area contributed by atoms with Crippen molar-refractivity contribution in [3.8, 4) is 6.07 Å². The predicted molar refractivity (Wildman–Crippen MR) is 97.4 cm³/mol. The van der Waals surface area contributed by atoms with Gasteiger partial charge in [-0.25, -0.2) is 5.01 Å². The quantitative estimate of drug-likeness (QED) is 0.485. The lowest BCUT2D eigenvalue weighted by Gasteiger charge is -2.28. The van der Waals surface area contributed by atoms with Gasteiger partial charge in [-0.05, 0) is 26.8 Å². The summed E-state index contributed by atoms with van der Waals surface area (Å²) in [6, 6.07) is 4.51. The number of nitrogen functional groups attached to an aromatic ring is 1. The molecule has 0 radical (unpaired) electrons. The molecule has 0 saturated carbocycles. The van der Waals surface area contributed by atoms with Crippen LogP contribution in [0.5, 0.6) is 0 Å². The lowest BCUT2D eigenvalue weighted by Crippen LogP contribution is -2.37. The Morgan fingerprint density at radius 3 is 2.74 bits per heavy atom. The summed E-state index contributed by atoms with van der Waals surface area (Å²) in [5, 5.41) is 26.3. The van der Waals surface area contributed by atoms with Gasteiger partial charge in [0.25, 0.3) is 5.95 Å². The summed E-state index contributed by atoms with van der Waals surface area (Å²) < 4.78 is 5.05. The van der Waals surface area contributed by atoms with Crippen molar-refractivity contribution in [3.05, 3.63) is 33.8 Å². The second kappa shape index (κ2) is 6.49. The molecule has 2 aromatic heterocycles. The van der Waals surface area contributed by atoms with E-state index in [1.54, 1.807) is 5.01 Å². The van der Waals surface area contributed by atoms with Crippen molar-refractivity contribution in [1.82, 2.24) is 15.0 Å². The molecule has 1 aliphatic rings. The fourth-order valence-electron chi connectivity index (χ4n) is 2.76. The van der Waals surface area contributed by atoms with E-state index >= 15 is 0 Å². The number of allylic oxidation sites excluding steroid dienone is 1. The zero-order valence-corrected chi connectivity index (χ0v) is 14.9. The summed E-state index contributed by atoms with van der Waals surface area (Å²) in [5.74, 6) is -0.148. The monoisotopic (exact) mass is 368 g/mol. The van der Waals surface area contributed by atoms with Gasteiger partial charge in [-0.15, -0.1) is 0 Å². The molecule has 1 aliphatic heterocycles. The number of hydrogen-bond acceptors (Lipinski definition) is 10. The van der Waals surface area contributed by atoms with Gasteiger partial charge in [0.15, 0.2) is 5.82 Å². The second-order valence-electron chi connectivity index (χ2n) is 6.56. The molecule has 138 valence electrons. The van der Waals surface area contributed by atoms with Crippen molar-refractivity contribution in [2.45, 2.75) is 32.7 Å². The van der Waals surface area contributed by atoms with E-state index in [-0.39, 0.29) is 34.6 Å². The zero-order chi connectivity index (χ0) is 19.8. The largest absolute Gasteiger partial charge is 0.433 e. The molecule has 0 saturated heterocycles. The lowest BCUT2D eigenvalue weighted by atomic mass is 9.99. The molecule has 0 bridgehead atoms. The molecule has 11 heteroatoms. The van der Waals surface area contributed by atoms with Gasteiger partial charge >= 0.3 is 5.88 Å². The Balaban J connectivity index is 2.03. The Morgan fingerprint density at radius 1 is 1.44 bits per heavy atom. The average molecular weight is 368 g/mol. The number of anilines is 2. The van der Waals surface area contributed by atoms with E-state index in [9.17, 15) is 15.4 Å². The van der Waals surface area contributed by atoms with Gasteiger partial charge < -0.3 is 10.2 Å². The number of nitrogens with zero attached hydrogens (tertiary/aromatic N) is 7. The minimum atomic E-state index is -0.668. The van der Waals surface area contributed by atoms with E-state index in [4.69, 9.17) is 10.2 Å². The molecule has 0 spiro atoms. The zero-order valence-electron chi connectivity index (χ0n) is 14.9. The highest BCUT2D eigenvalue weighted by molar-refractivity contribution is 5.88. The maximum atomic E-state index is 10.7. The van der Waals surface area contributed by atoms with Crippen molar-refractivity contribution in [2.24, 2.45) is 5.10 Å². The van der Waals surface area contributed by atoms with E-state index in [1.165, 1.54) is 18.2 Å². The highest BCUT2D eigenvalue weighted by atomic mass is 16.6. The molecule has 0 unspecified atom stereocenters. The summed E-state index contributed by atoms with van der Waals surface area (Å²) in [5.41, 5.74) is 6.38. The van der Waals surface area contributed by atoms with Crippen LogP contribution in [0.2, 0.25) is 0 Å². The number of aromatic nitrogens is 3. The Kier molecular flexibility index (Phi) is 4.32. The molecular weight excluding hydrogens is 352 g/mol. The van der Waals surface area contributed by atoms with Gasteiger partial charge in [-0.3, -0.25) is 10.1 Å². The first-order chi connectivity index (χ1) is 12.7. The van der Waals surface area contributed by atoms with Crippen LogP contribution in [0.4, 0.5) is 17.8 Å². The maximum absolute atomic E-state index is 10.7. The van der Waals surface area contributed by atoms with Crippen LogP contribution in [-0.2, 0) is 0 Å². The summed E-state index contributed by atoms with van der Waals surface area (Å²) >= 11 is 0. The number of furan rings is 1. The first kappa shape index (κ1) is 18.0. The fraction of sp³-hybridized carbons (Fsp3) is 0.312. The van der Waals surface area contributed by atoms with Crippen LogP contribution in [0, 0.1) is 21.4 Å². The Bertz CT molecular complexity index is 1010. The Morgan fingerprint density at radius 2 is 2.19 bits per heavy atom. The normalized spacial score (nSPS) is 16.1. The van der Waals surface area contributed by atoms with Gasteiger partial charge in [-0.2, -0.15) is 25.3 Å². The number of nitriles is 1. The molecule has 0 atom stereocenters. The van der Waals surface area contributed by atoms with Crippen LogP contribution < -0.4 is 10.7 Å². The number of nitro groups is 1. The van der Waals surface area contributed by atoms with Crippen molar-refractivity contribution in [1.29, 1.82) is 5.26 Å². The number of rotatable bonds is 4. The van der Waals surface area contributed by atoms with Gasteiger partial charge in [0, 0.05) is 18.2 Å². The molecule has 0 amide bonds. The standard InChI is InChI=1S/C16H16N8O3/c1-9-7-16(2,3)23(22-9)15-20-13(19-14(18)21-15)10(8-17)6-11-4-5-12(27-11)24(25)26/h4-6H,7H2,1-3H3,(H2,18,19,20,21)/b10-6-.